The minimum atomic E-state index is -4.94. The number of pyridine rings is 1. The number of primary amides is 1. The highest BCUT2D eigenvalue weighted by molar-refractivity contribution is 5.97. The minimum absolute atomic E-state index is 0.0133. The van der Waals surface area contributed by atoms with Crippen LogP contribution in [0.1, 0.15) is 47.8 Å². The first-order valence-electron chi connectivity index (χ1n) is 10.2. The summed E-state index contributed by atoms with van der Waals surface area (Å²) in [7, 11) is 0.970. The van der Waals surface area contributed by atoms with E-state index >= 15 is 0 Å². The fourth-order valence-corrected chi connectivity index (χ4v) is 4.10. The first kappa shape index (κ1) is 26.3. The second-order valence-corrected chi connectivity index (χ2v) is 8.13. The van der Waals surface area contributed by atoms with Gasteiger partial charge in [-0.05, 0) is 25.1 Å². The van der Waals surface area contributed by atoms with Gasteiger partial charge < -0.3 is 20.5 Å². The van der Waals surface area contributed by atoms with E-state index in [0.29, 0.717) is 0 Å². The number of carbonyl (C=O) groups is 2. The Balaban J connectivity index is 2.10. The van der Waals surface area contributed by atoms with Crippen molar-refractivity contribution in [2.24, 2.45) is 11.7 Å². The summed E-state index contributed by atoms with van der Waals surface area (Å²) in [6.07, 6.45) is -8.84. The number of carbonyl (C=O) groups excluding carboxylic acids is 2. The Morgan fingerprint density at radius 3 is 2.46 bits per heavy atom. The summed E-state index contributed by atoms with van der Waals surface area (Å²) in [5.41, 5.74) is 0.816. The summed E-state index contributed by atoms with van der Waals surface area (Å²) in [5, 5.41) is 2.34. The monoisotopic (exact) mass is 505 g/mol. The number of nitrogens with one attached hydrogen (secondary N) is 1. The molecule has 0 saturated carbocycles. The average molecular weight is 505 g/mol. The van der Waals surface area contributed by atoms with E-state index in [0.717, 1.165) is 45.4 Å². The quantitative estimate of drug-likeness (QED) is 0.569. The van der Waals surface area contributed by atoms with Gasteiger partial charge in [-0.25, -0.2) is 13.2 Å². The Labute approximate surface area is 195 Å². The number of halogens is 6. The van der Waals surface area contributed by atoms with Gasteiger partial charge in [0.2, 0.25) is 0 Å². The normalized spacial score (nSPS) is 24.5. The Morgan fingerprint density at radius 2 is 1.91 bits per heavy atom. The summed E-state index contributed by atoms with van der Waals surface area (Å²) in [5.74, 6) is -7.05. The molecule has 2 heterocycles. The highest BCUT2D eigenvalue weighted by Crippen LogP contribution is 2.55. The lowest BCUT2D eigenvalue weighted by molar-refractivity contribution is -0.272. The molecule has 0 unspecified atom stereocenters. The first-order valence-corrected chi connectivity index (χ1v) is 10.2. The van der Waals surface area contributed by atoms with Crippen molar-refractivity contribution in [1.82, 2.24) is 4.98 Å². The van der Waals surface area contributed by atoms with E-state index in [-0.39, 0.29) is 16.9 Å². The predicted molar refractivity (Wildman–Crippen MR) is 111 cm³/mol. The molecule has 2 aromatic rings. The molecule has 0 aliphatic carbocycles. The maximum Gasteiger partial charge on any atom is 0.417 e. The van der Waals surface area contributed by atoms with Gasteiger partial charge in [0.15, 0.2) is 17.2 Å². The van der Waals surface area contributed by atoms with Crippen molar-refractivity contribution in [3.8, 4) is 5.75 Å². The minimum Gasteiger partial charge on any atom is -0.493 e. The molecule has 1 aliphatic rings. The van der Waals surface area contributed by atoms with Crippen LogP contribution in [0.3, 0.4) is 0 Å². The van der Waals surface area contributed by atoms with Crippen LogP contribution < -0.4 is 15.8 Å². The van der Waals surface area contributed by atoms with E-state index in [1.165, 1.54) is 6.07 Å². The Bertz CT molecular complexity index is 1140. The molecule has 1 aromatic carbocycles. The number of hydrogen-bond donors (Lipinski definition) is 2. The number of nitrogens with zero attached hydrogens (tertiary/aromatic N) is 1. The van der Waals surface area contributed by atoms with E-state index in [1.54, 1.807) is 0 Å². The van der Waals surface area contributed by atoms with Crippen LogP contribution in [0.15, 0.2) is 30.5 Å². The van der Waals surface area contributed by atoms with Crippen LogP contribution in [0.4, 0.5) is 32.0 Å². The molecule has 0 radical (unpaired) electrons. The maximum atomic E-state index is 14.8. The van der Waals surface area contributed by atoms with Crippen LogP contribution in [0, 0.1) is 11.7 Å². The highest BCUT2D eigenvalue weighted by atomic mass is 19.4. The van der Waals surface area contributed by atoms with Crippen molar-refractivity contribution in [2.75, 3.05) is 12.4 Å². The molecule has 1 fully saturated rings. The first-order chi connectivity index (χ1) is 16.2. The van der Waals surface area contributed by atoms with Crippen LogP contribution in [0.25, 0.3) is 0 Å². The van der Waals surface area contributed by atoms with Crippen LogP contribution in [0.5, 0.6) is 5.75 Å². The zero-order valence-corrected chi connectivity index (χ0v) is 18.6. The molecule has 1 saturated heterocycles. The molecule has 35 heavy (non-hydrogen) atoms. The van der Waals surface area contributed by atoms with Crippen molar-refractivity contribution >= 4 is 17.5 Å². The Hall–Kier alpha value is -3.35. The van der Waals surface area contributed by atoms with Crippen LogP contribution >= 0.6 is 0 Å². The van der Waals surface area contributed by atoms with Gasteiger partial charge in [0.05, 0.1) is 12.7 Å². The van der Waals surface area contributed by atoms with Crippen LogP contribution in [-0.2, 0) is 9.53 Å². The van der Waals surface area contributed by atoms with E-state index in [1.807, 2.05) is 0 Å². The molecular weight excluding hydrogens is 484 g/mol. The van der Waals surface area contributed by atoms with Crippen molar-refractivity contribution in [1.29, 1.82) is 0 Å². The van der Waals surface area contributed by atoms with Gasteiger partial charge in [-0.1, -0.05) is 13.0 Å². The lowest BCUT2D eigenvalue weighted by Crippen LogP contribution is -2.47. The number of anilines is 1. The zero-order valence-electron chi connectivity index (χ0n) is 18.6. The van der Waals surface area contributed by atoms with Gasteiger partial charge >= 0.3 is 6.18 Å². The zero-order chi connectivity index (χ0) is 26.3. The van der Waals surface area contributed by atoms with E-state index in [9.17, 15) is 35.9 Å². The van der Waals surface area contributed by atoms with Crippen LogP contribution in [0.2, 0.25) is 0 Å². The van der Waals surface area contributed by atoms with E-state index < -0.39 is 65.1 Å². The number of ether oxygens (including phenoxy) is 2. The molecule has 0 spiro atoms. The lowest BCUT2D eigenvalue weighted by Gasteiger charge is -2.32. The van der Waals surface area contributed by atoms with Crippen molar-refractivity contribution in [3.63, 3.8) is 0 Å². The summed E-state index contributed by atoms with van der Waals surface area (Å²) >= 11 is 0. The highest BCUT2D eigenvalue weighted by Gasteiger charge is 2.65. The molecular formula is C22H21F6N3O4. The van der Waals surface area contributed by atoms with Gasteiger partial charge in [-0.2, -0.15) is 13.2 Å². The molecule has 1 aromatic heterocycles. The molecule has 2 amide bonds. The number of amides is 2. The molecule has 0 bridgehead atoms. The number of methoxy groups -OCH3 is 1. The smallest absolute Gasteiger partial charge is 0.417 e. The fraction of sp³-hybridized carbons (Fsp3) is 0.409. The summed E-state index contributed by atoms with van der Waals surface area (Å²) < 4.78 is 93.3. The summed E-state index contributed by atoms with van der Waals surface area (Å²) in [6, 6.07) is 4.09. The second-order valence-electron chi connectivity index (χ2n) is 8.13. The molecule has 190 valence electrons. The van der Waals surface area contributed by atoms with Gasteiger partial charge in [-0.3, -0.25) is 14.6 Å². The third kappa shape index (κ3) is 4.64. The van der Waals surface area contributed by atoms with Gasteiger partial charge in [0.25, 0.3) is 18.2 Å². The van der Waals surface area contributed by atoms with E-state index in [4.69, 9.17) is 15.2 Å². The molecule has 3 N–H and O–H groups in total. The third-order valence-corrected chi connectivity index (χ3v) is 6.16. The Kier molecular flexibility index (Phi) is 7.02. The van der Waals surface area contributed by atoms with Gasteiger partial charge in [-0.15, -0.1) is 0 Å². The van der Waals surface area contributed by atoms with Crippen LogP contribution in [-0.4, -0.2) is 41.8 Å². The number of nitrogens with two attached hydrogens (primary N) is 1. The molecule has 13 heteroatoms. The largest absolute Gasteiger partial charge is 0.493 e. The SMILES string of the molecule is COc1c([C@H]2[C@@H](C(=O)Nc3ccnc(C(N)=O)c3)O[C@@](C)(C(F)(F)F)[C@@H]2C)ccc(C(F)F)c1F. The summed E-state index contributed by atoms with van der Waals surface area (Å²) in [6.45, 7) is 1.90. The lowest BCUT2D eigenvalue weighted by atomic mass is 9.76. The number of benzene rings is 1. The van der Waals surface area contributed by atoms with Gasteiger partial charge in [0.1, 0.15) is 11.8 Å². The Morgan fingerprint density at radius 1 is 1.26 bits per heavy atom. The topological polar surface area (TPSA) is 104 Å². The van der Waals surface area contributed by atoms with Crippen molar-refractivity contribution in [2.45, 2.75) is 44.1 Å². The standard InChI is InChI=1S/C22H21F6N3O4/c1-9-14(11-4-5-12(18(24)25)15(23)16(11)34-3)17(35-21(9,2)22(26,27)28)20(33)31-10-6-7-30-13(8-10)19(29)32/h4-9,14,17-18H,1-3H3,(H2,29,32)(H,30,31,33)/t9-,14+,17+,21-/m1/s1. The number of hydrogen-bond acceptors (Lipinski definition) is 5. The van der Waals surface area contributed by atoms with Crippen molar-refractivity contribution in [3.05, 3.63) is 53.1 Å². The average Bonchev–Trinajstić information content (AvgIpc) is 3.05. The number of aromatic nitrogens is 1. The second kappa shape index (κ2) is 9.36. The molecule has 7 nitrogen and oxygen atoms in total. The number of rotatable bonds is 6. The van der Waals surface area contributed by atoms with E-state index in [2.05, 4.69) is 10.3 Å². The molecule has 3 rings (SSSR count). The van der Waals surface area contributed by atoms with Crippen molar-refractivity contribution < 1.29 is 45.4 Å². The van der Waals surface area contributed by atoms with Gasteiger partial charge in [0, 0.05) is 29.3 Å². The molecule has 4 atom stereocenters. The summed E-state index contributed by atoms with van der Waals surface area (Å²) in [4.78, 5) is 28.2. The predicted octanol–water partition coefficient (Wildman–Crippen LogP) is 4.34. The third-order valence-electron chi connectivity index (χ3n) is 6.16. The molecule has 1 aliphatic heterocycles. The number of alkyl halides is 5. The maximum absolute atomic E-state index is 14.8. The fourth-order valence-electron chi connectivity index (χ4n) is 4.10.